The third kappa shape index (κ3) is 2.52. The highest BCUT2D eigenvalue weighted by Crippen LogP contribution is 2.24. The van der Waals surface area contributed by atoms with Crippen molar-refractivity contribution in [1.82, 2.24) is 4.57 Å². The molecule has 0 aliphatic rings. The van der Waals surface area contributed by atoms with E-state index in [1.165, 1.54) is 4.57 Å². The number of carbonyl (C=O) groups excluding carboxylic acids is 1. The molecule has 1 aromatic heterocycles. The first-order chi connectivity index (χ1) is 10.4. The molecule has 2 aromatic rings. The Morgan fingerprint density at radius 1 is 1.45 bits per heavy atom. The maximum atomic E-state index is 13.6. The number of nitrogen functional groups attached to an aromatic ring is 1. The van der Waals surface area contributed by atoms with E-state index in [0.29, 0.717) is 0 Å². The van der Waals surface area contributed by atoms with Crippen LogP contribution in [0.25, 0.3) is 10.9 Å². The van der Waals surface area contributed by atoms with Crippen LogP contribution in [0.15, 0.2) is 17.1 Å². The van der Waals surface area contributed by atoms with Crippen molar-refractivity contribution in [2.75, 3.05) is 18.9 Å². The van der Waals surface area contributed by atoms with Crippen LogP contribution in [0.2, 0.25) is 0 Å². The van der Waals surface area contributed by atoms with Crippen LogP contribution < -0.4 is 11.2 Å². The molecule has 0 aliphatic carbocycles. The minimum atomic E-state index is -1.36. The van der Waals surface area contributed by atoms with Crippen LogP contribution in [0.5, 0.6) is 0 Å². The second-order valence-electron chi connectivity index (χ2n) is 4.49. The molecule has 0 saturated carbocycles. The summed E-state index contributed by atoms with van der Waals surface area (Å²) in [6, 6.07) is 0.799. The van der Waals surface area contributed by atoms with Gasteiger partial charge in [-0.1, -0.05) is 0 Å². The standard InChI is InChI=1S/C14H14F2N2O4/c1-2-22-14(21)7-6-18(3-4-19)9-5-8(15)11(16)12(17)10(9)13(7)20/h5-6,19H,2-4,17H2,1H3. The number of esters is 1. The van der Waals surface area contributed by atoms with Gasteiger partial charge in [-0.15, -0.1) is 0 Å². The molecule has 22 heavy (non-hydrogen) atoms. The number of hydrogen-bond acceptors (Lipinski definition) is 5. The summed E-state index contributed by atoms with van der Waals surface area (Å²) in [5.41, 5.74) is 3.58. The molecule has 1 aromatic carbocycles. The normalized spacial score (nSPS) is 10.9. The summed E-state index contributed by atoms with van der Waals surface area (Å²) < 4.78 is 33.2. The highest BCUT2D eigenvalue weighted by atomic mass is 19.2. The van der Waals surface area contributed by atoms with Gasteiger partial charge in [0.05, 0.1) is 29.8 Å². The first-order valence-electron chi connectivity index (χ1n) is 6.51. The number of fused-ring (bicyclic) bond motifs is 1. The van der Waals surface area contributed by atoms with E-state index in [1.54, 1.807) is 6.92 Å². The maximum absolute atomic E-state index is 13.6. The van der Waals surface area contributed by atoms with Crippen molar-refractivity contribution in [3.63, 3.8) is 0 Å². The Morgan fingerprint density at radius 2 is 2.14 bits per heavy atom. The van der Waals surface area contributed by atoms with Crippen molar-refractivity contribution < 1.29 is 23.4 Å². The summed E-state index contributed by atoms with van der Waals surface area (Å²) in [6.45, 7) is 1.24. The molecule has 0 atom stereocenters. The lowest BCUT2D eigenvalue weighted by atomic mass is 10.1. The van der Waals surface area contributed by atoms with E-state index in [4.69, 9.17) is 15.6 Å². The zero-order valence-electron chi connectivity index (χ0n) is 11.7. The molecule has 0 fully saturated rings. The van der Waals surface area contributed by atoms with Crippen molar-refractivity contribution in [3.05, 3.63) is 39.7 Å². The second-order valence-corrected chi connectivity index (χ2v) is 4.49. The number of benzene rings is 1. The Bertz CT molecular complexity index is 802. The lowest BCUT2D eigenvalue weighted by Crippen LogP contribution is -2.23. The monoisotopic (exact) mass is 312 g/mol. The highest BCUT2D eigenvalue weighted by Gasteiger charge is 2.21. The Morgan fingerprint density at radius 3 is 2.73 bits per heavy atom. The van der Waals surface area contributed by atoms with Crippen LogP contribution >= 0.6 is 0 Å². The number of nitrogens with two attached hydrogens (primary N) is 1. The minimum absolute atomic E-state index is 0.0106. The number of anilines is 1. The Labute approximate surface area is 123 Å². The van der Waals surface area contributed by atoms with Gasteiger partial charge in [-0.25, -0.2) is 13.6 Å². The predicted octanol–water partition coefficient (Wildman–Crippen LogP) is 1.03. The molecule has 118 valence electrons. The summed E-state index contributed by atoms with van der Waals surface area (Å²) in [5.74, 6) is -3.48. The highest BCUT2D eigenvalue weighted by molar-refractivity contribution is 5.98. The number of aromatic nitrogens is 1. The van der Waals surface area contributed by atoms with Gasteiger partial charge in [-0.2, -0.15) is 0 Å². The lowest BCUT2D eigenvalue weighted by Gasteiger charge is -2.14. The summed E-state index contributed by atoms with van der Waals surface area (Å²) in [6.07, 6.45) is 1.13. The number of ether oxygens (including phenoxy) is 1. The fourth-order valence-electron chi connectivity index (χ4n) is 2.16. The maximum Gasteiger partial charge on any atom is 0.343 e. The zero-order valence-corrected chi connectivity index (χ0v) is 11.7. The first-order valence-corrected chi connectivity index (χ1v) is 6.51. The van der Waals surface area contributed by atoms with Gasteiger partial charge in [0, 0.05) is 18.8 Å². The molecule has 3 N–H and O–H groups in total. The van der Waals surface area contributed by atoms with Gasteiger partial charge in [-0.05, 0) is 6.92 Å². The molecule has 0 radical (unpaired) electrons. The van der Waals surface area contributed by atoms with Gasteiger partial charge in [0.2, 0.25) is 5.43 Å². The SMILES string of the molecule is CCOC(=O)c1cn(CCO)c2cc(F)c(F)c(N)c2c1=O. The van der Waals surface area contributed by atoms with Crippen LogP contribution in [-0.4, -0.2) is 28.9 Å². The molecule has 8 heteroatoms. The molecule has 0 saturated heterocycles. The van der Waals surface area contributed by atoms with Gasteiger partial charge in [0.15, 0.2) is 11.6 Å². The molecule has 0 unspecified atom stereocenters. The summed E-state index contributed by atoms with van der Waals surface area (Å²) >= 11 is 0. The third-order valence-corrected chi connectivity index (χ3v) is 3.14. The average Bonchev–Trinajstić information content (AvgIpc) is 2.47. The average molecular weight is 312 g/mol. The third-order valence-electron chi connectivity index (χ3n) is 3.14. The van der Waals surface area contributed by atoms with E-state index in [-0.39, 0.29) is 36.2 Å². The Hall–Kier alpha value is -2.48. The number of rotatable bonds is 4. The van der Waals surface area contributed by atoms with Crippen molar-refractivity contribution >= 4 is 22.6 Å². The van der Waals surface area contributed by atoms with E-state index in [0.717, 1.165) is 12.3 Å². The van der Waals surface area contributed by atoms with Crippen LogP contribution in [-0.2, 0) is 11.3 Å². The Kier molecular flexibility index (Phi) is 4.41. The van der Waals surface area contributed by atoms with Crippen molar-refractivity contribution in [2.45, 2.75) is 13.5 Å². The number of pyridine rings is 1. The number of carbonyl (C=O) groups is 1. The summed E-state index contributed by atoms with van der Waals surface area (Å²) in [7, 11) is 0. The number of nitrogens with zero attached hydrogens (tertiary/aromatic N) is 1. The molecule has 0 amide bonds. The molecular weight excluding hydrogens is 298 g/mol. The molecule has 1 heterocycles. The van der Waals surface area contributed by atoms with E-state index < -0.39 is 28.7 Å². The fraction of sp³-hybridized carbons (Fsp3) is 0.286. The first kappa shape index (κ1) is 15.9. The molecule has 0 aliphatic heterocycles. The zero-order chi connectivity index (χ0) is 16.4. The molecule has 0 spiro atoms. The van der Waals surface area contributed by atoms with Crippen LogP contribution in [0, 0.1) is 11.6 Å². The van der Waals surface area contributed by atoms with Crippen molar-refractivity contribution in [3.8, 4) is 0 Å². The van der Waals surface area contributed by atoms with Crippen LogP contribution in [0.3, 0.4) is 0 Å². The largest absolute Gasteiger partial charge is 0.462 e. The minimum Gasteiger partial charge on any atom is -0.462 e. The van der Waals surface area contributed by atoms with Crippen LogP contribution in [0.1, 0.15) is 17.3 Å². The number of halogens is 2. The molecular formula is C14H14F2N2O4. The lowest BCUT2D eigenvalue weighted by molar-refractivity contribution is 0.0524. The van der Waals surface area contributed by atoms with E-state index in [9.17, 15) is 18.4 Å². The molecule has 6 nitrogen and oxygen atoms in total. The van der Waals surface area contributed by atoms with Crippen molar-refractivity contribution in [1.29, 1.82) is 0 Å². The van der Waals surface area contributed by atoms with Gasteiger partial charge < -0.3 is 20.1 Å². The van der Waals surface area contributed by atoms with Gasteiger partial charge in [0.25, 0.3) is 0 Å². The number of aliphatic hydroxyl groups excluding tert-OH is 1. The van der Waals surface area contributed by atoms with Gasteiger partial charge >= 0.3 is 5.97 Å². The van der Waals surface area contributed by atoms with Gasteiger partial charge in [0.1, 0.15) is 5.56 Å². The summed E-state index contributed by atoms with van der Waals surface area (Å²) in [5, 5.41) is 8.74. The van der Waals surface area contributed by atoms with Crippen LogP contribution in [0.4, 0.5) is 14.5 Å². The topological polar surface area (TPSA) is 94.6 Å². The predicted molar refractivity (Wildman–Crippen MR) is 75.6 cm³/mol. The Balaban J connectivity index is 2.89. The fourth-order valence-corrected chi connectivity index (χ4v) is 2.16. The second kappa shape index (κ2) is 6.10. The van der Waals surface area contributed by atoms with Gasteiger partial charge in [-0.3, -0.25) is 4.79 Å². The molecule has 0 bridgehead atoms. The smallest absolute Gasteiger partial charge is 0.343 e. The van der Waals surface area contributed by atoms with E-state index in [1.807, 2.05) is 0 Å². The number of aliphatic hydroxyl groups is 1. The quantitative estimate of drug-likeness (QED) is 0.649. The van der Waals surface area contributed by atoms with E-state index >= 15 is 0 Å². The van der Waals surface area contributed by atoms with Crippen molar-refractivity contribution in [2.24, 2.45) is 0 Å². The molecule has 2 rings (SSSR count). The van der Waals surface area contributed by atoms with E-state index in [2.05, 4.69) is 0 Å². The summed E-state index contributed by atoms with van der Waals surface area (Å²) in [4.78, 5) is 24.2. The number of hydrogen-bond donors (Lipinski definition) is 2.